The fraction of sp³-hybridized carbons (Fsp3) is 0.222. The molecule has 0 bridgehead atoms. The van der Waals surface area contributed by atoms with Gasteiger partial charge in [-0.15, -0.1) is 0 Å². The Morgan fingerprint density at radius 1 is 1.04 bits per heavy atom. The SMILES string of the molecule is O=C(CNC(=O)c1cccc(Br)c1)Nc1ccc2c(c1)CCC2. The molecule has 2 N–H and O–H groups in total. The molecular weight excluding hydrogens is 356 g/mol. The van der Waals surface area contributed by atoms with Gasteiger partial charge in [0.15, 0.2) is 0 Å². The Balaban J connectivity index is 1.54. The lowest BCUT2D eigenvalue weighted by Gasteiger charge is -2.09. The van der Waals surface area contributed by atoms with Crippen molar-refractivity contribution in [2.75, 3.05) is 11.9 Å². The third kappa shape index (κ3) is 3.99. The first-order valence-electron chi connectivity index (χ1n) is 7.57. The molecule has 2 amide bonds. The highest BCUT2D eigenvalue weighted by Gasteiger charge is 2.12. The summed E-state index contributed by atoms with van der Waals surface area (Å²) in [6.45, 7) is -0.0531. The Hall–Kier alpha value is -2.14. The van der Waals surface area contributed by atoms with E-state index >= 15 is 0 Å². The van der Waals surface area contributed by atoms with Gasteiger partial charge in [-0.05, 0) is 60.7 Å². The van der Waals surface area contributed by atoms with E-state index in [0.29, 0.717) is 5.56 Å². The van der Waals surface area contributed by atoms with Crippen LogP contribution in [0.15, 0.2) is 46.9 Å². The van der Waals surface area contributed by atoms with Crippen molar-refractivity contribution in [2.45, 2.75) is 19.3 Å². The molecule has 2 aromatic carbocycles. The second kappa shape index (κ2) is 6.96. The molecule has 3 rings (SSSR count). The molecule has 0 spiro atoms. The molecule has 0 atom stereocenters. The minimum absolute atomic E-state index is 0.0531. The maximum absolute atomic E-state index is 12.0. The summed E-state index contributed by atoms with van der Waals surface area (Å²) in [4.78, 5) is 24.0. The first kappa shape index (κ1) is 15.7. The molecule has 0 saturated heterocycles. The van der Waals surface area contributed by atoms with E-state index in [-0.39, 0.29) is 18.4 Å². The van der Waals surface area contributed by atoms with Crippen LogP contribution in [0.25, 0.3) is 0 Å². The summed E-state index contributed by atoms with van der Waals surface area (Å²) < 4.78 is 0.827. The van der Waals surface area contributed by atoms with Crippen LogP contribution in [-0.2, 0) is 17.6 Å². The molecule has 0 radical (unpaired) electrons. The summed E-state index contributed by atoms with van der Waals surface area (Å²) in [7, 11) is 0. The summed E-state index contributed by atoms with van der Waals surface area (Å²) in [6.07, 6.45) is 3.36. The van der Waals surface area contributed by atoms with Crippen LogP contribution in [0.4, 0.5) is 5.69 Å². The molecule has 0 aromatic heterocycles. The normalized spacial score (nSPS) is 12.6. The zero-order valence-electron chi connectivity index (χ0n) is 12.6. The van der Waals surface area contributed by atoms with Crippen LogP contribution in [0.3, 0.4) is 0 Å². The third-order valence-electron chi connectivity index (χ3n) is 3.88. The Morgan fingerprint density at radius 3 is 2.70 bits per heavy atom. The van der Waals surface area contributed by atoms with Gasteiger partial charge in [0.2, 0.25) is 5.91 Å². The number of aryl methyl sites for hydroxylation is 2. The number of halogens is 1. The molecule has 4 nitrogen and oxygen atoms in total. The molecular formula is C18H17BrN2O2. The number of fused-ring (bicyclic) bond motifs is 1. The first-order valence-corrected chi connectivity index (χ1v) is 8.36. The Bertz CT molecular complexity index is 758. The van der Waals surface area contributed by atoms with Crippen molar-refractivity contribution in [1.82, 2.24) is 5.32 Å². The van der Waals surface area contributed by atoms with Crippen molar-refractivity contribution in [3.05, 3.63) is 63.6 Å². The van der Waals surface area contributed by atoms with Gasteiger partial charge in [-0.1, -0.05) is 28.1 Å². The number of nitrogens with one attached hydrogen (secondary N) is 2. The van der Waals surface area contributed by atoms with Gasteiger partial charge in [-0.3, -0.25) is 9.59 Å². The van der Waals surface area contributed by atoms with Crippen molar-refractivity contribution < 1.29 is 9.59 Å². The first-order chi connectivity index (χ1) is 11.1. The molecule has 5 heteroatoms. The summed E-state index contributed by atoms with van der Waals surface area (Å²) in [5.74, 6) is -0.498. The highest BCUT2D eigenvalue weighted by molar-refractivity contribution is 9.10. The van der Waals surface area contributed by atoms with Crippen molar-refractivity contribution in [3.63, 3.8) is 0 Å². The van der Waals surface area contributed by atoms with Crippen molar-refractivity contribution in [1.29, 1.82) is 0 Å². The number of benzene rings is 2. The fourth-order valence-corrected chi connectivity index (χ4v) is 3.15. The number of rotatable bonds is 4. The molecule has 0 unspecified atom stereocenters. The topological polar surface area (TPSA) is 58.2 Å². The predicted molar refractivity (Wildman–Crippen MR) is 93.6 cm³/mol. The number of anilines is 1. The Morgan fingerprint density at radius 2 is 1.87 bits per heavy atom. The molecule has 1 aliphatic rings. The van der Waals surface area contributed by atoms with Crippen LogP contribution < -0.4 is 10.6 Å². The van der Waals surface area contributed by atoms with Crippen molar-refractivity contribution >= 4 is 33.4 Å². The average molecular weight is 373 g/mol. The highest BCUT2D eigenvalue weighted by atomic mass is 79.9. The minimum Gasteiger partial charge on any atom is -0.343 e. The van der Waals surface area contributed by atoms with Gasteiger partial charge in [0, 0.05) is 15.7 Å². The van der Waals surface area contributed by atoms with Crippen molar-refractivity contribution in [2.24, 2.45) is 0 Å². The standard InChI is InChI=1S/C18H17BrN2O2/c19-15-6-2-5-14(9-15)18(23)20-11-17(22)21-16-8-7-12-3-1-4-13(12)10-16/h2,5-10H,1,3-4,11H2,(H,20,23)(H,21,22). The van der Waals surface area contributed by atoms with Gasteiger partial charge < -0.3 is 10.6 Å². The van der Waals surface area contributed by atoms with Crippen molar-refractivity contribution in [3.8, 4) is 0 Å². The molecule has 1 aliphatic carbocycles. The lowest BCUT2D eigenvalue weighted by Crippen LogP contribution is -2.32. The molecule has 0 aliphatic heterocycles. The van der Waals surface area contributed by atoms with Gasteiger partial charge in [-0.2, -0.15) is 0 Å². The quantitative estimate of drug-likeness (QED) is 0.864. The van der Waals surface area contributed by atoms with Crippen LogP contribution in [0.2, 0.25) is 0 Å². The molecule has 0 fully saturated rings. The lowest BCUT2D eigenvalue weighted by molar-refractivity contribution is -0.115. The van der Waals surface area contributed by atoms with E-state index in [9.17, 15) is 9.59 Å². The summed E-state index contributed by atoms with van der Waals surface area (Å²) in [5.41, 5.74) is 3.98. The second-order valence-corrected chi connectivity index (χ2v) is 6.49. The average Bonchev–Trinajstić information content (AvgIpc) is 3.00. The van der Waals surface area contributed by atoms with Crippen LogP contribution in [0.5, 0.6) is 0 Å². The zero-order valence-corrected chi connectivity index (χ0v) is 14.2. The lowest BCUT2D eigenvalue weighted by atomic mass is 10.1. The Kier molecular flexibility index (Phi) is 4.76. The van der Waals surface area contributed by atoms with Crippen LogP contribution in [0, 0.1) is 0 Å². The summed E-state index contributed by atoms with van der Waals surface area (Å²) >= 11 is 3.32. The number of carbonyl (C=O) groups is 2. The van der Waals surface area contributed by atoms with E-state index in [4.69, 9.17) is 0 Å². The molecule has 0 heterocycles. The van der Waals surface area contributed by atoms with Crippen LogP contribution in [0.1, 0.15) is 27.9 Å². The molecule has 0 saturated carbocycles. The predicted octanol–water partition coefficient (Wildman–Crippen LogP) is 3.31. The van der Waals surface area contributed by atoms with E-state index < -0.39 is 0 Å². The summed E-state index contributed by atoms with van der Waals surface area (Å²) in [5, 5.41) is 5.45. The second-order valence-electron chi connectivity index (χ2n) is 5.58. The number of carbonyl (C=O) groups excluding carboxylic acids is 2. The smallest absolute Gasteiger partial charge is 0.251 e. The number of hydrogen-bond donors (Lipinski definition) is 2. The number of amides is 2. The van der Waals surface area contributed by atoms with E-state index in [1.165, 1.54) is 17.5 Å². The maximum Gasteiger partial charge on any atom is 0.251 e. The van der Waals surface area contributed by atoms with E-state index in [0.717, 1.165) is 23.0 Å². The van der Waals surface area contributed by atoms with E-state index in [1.54, 1.807) is 18.2 Å². The monoisotopic (exact) mass is 372 g/mol. The van der Waals surface area contributed by atoms with Gasteiger partial charge in [0.1, 0.15) is 0 Å². The maximum atomic E-state index is 12.0. The van der Waals surface area contributed by atoms with Gasteiger partial charge in [-0.25, -0.2) is 0 Å². The largest absolute Gasteiger partial charge is 0.343 e. The fourth-order valence-electron chi connectivity index (χ4n) is 2.75. The van der Waals surface area contributed by atoms with Gasteiger partial charge >= 0.3 is 0 Å². The highest BCUT2D eigenvalue weighted by Crippen LogP contribution is 2.24. The van der Waals surface area contributed by atoms with Gasteiger partial charge in [0.25, 0.3) is 5.91 Å². The van der Waals surface area contributed by atoms with E-state index in [1.807, 2.05) is 18.2 Å². The zero-order chi connectivity index (χ0) is 16.2. The van der Waals surface area contributed by atoms with Gasteiger partial charge in [0.05, 0.1) is 6.54 Å². The molecule has 23 heavy (non-hydrogen) atoms. The molecule has 2 aromatic rings. The van der Waals surface area contributed by atoms with Crippen LogP contribution >= 0.6 is 15.9 Å². The summed E-state index contributed by atoms with van der Waals surface area (Å²) in [6, 6.07) is 13.1. The minimum atomic E-state index is -0.268. The van der Waals surface area contributed by atoms with Crippen LogP contribution in [-0.4, -0.2) is 18.4 Å². The Labute approximate surface area is 143 Å². The number of hydrogen-bond acceptors (Lipinski definition) is 2. The molecule has 118 valence electrons. The van der Waals surface area contributed by atoms with E-state index in [2.05, 4.69) is 32.6 Å². The third-order valence-corrected chi connectivity index (χ3v) is 4.37.